The van der Waals surface area contributed by atoms with Crippen LogP contribution in [0.3, 0.4) is 0 Å². The number of aryl methyl sites for hydroxylation is 1. The molecule has 1 atom stereocenters. The van der Waals surface area contributed by atoms with Crippen molar-refractivity contribution in [2.24, 2.45) is 0 Å². The van der Waals surface area contributed by atoms with E-state index >= 15 is 0 Å². The lowest BCUT2D eigenvalue weighted by Gasteiger charge is -2.14. The van der Waals surface area contributed by atoms with Crippen LogP contribution in [0.25, 0.3) is 33.6 Å². The normalized spacial score (nSPS) is 13.2. The van der Waals surface area contributed by atoms with Crippen LogP contribution < -0.4 is 11.0 Å². The molecule has 4 heterocycles. The lowest BCUT2D eigenvalue weighted by atomic mass is 10.2. The van der Waals surface area contributed by atoms with Gasteiger partial charge < -0.3 is 10.3 Å². The summed E-state index contributed by atoms with van der Waals surface area (Å²) in [5.41, 5.74) is 0.489. The summed E-state index contributed by atoms with van der Waals surface area (Å²) in [7, 11) is -4.09. The number of nitrogens with zero attached hydrogens (tertiary/aromatic N) is 5. The van der Waals surface area contributed by atoms with Crippen molar-refractivity contribution >= 4 is 54.1 Å². The van der Waals surface area contributed by atoms with Crippen LogP contribution in [0.5, 0.6) is 0 Å². The highest BCUT2D eigenvalue weighted by Gasteiger charge is 2.30. The van der Waals surface area contributed by atoms with Gasteiger partial charge in [0.1, 0.15) is 18.1 Å². The molecule has 16 heteroatoms. The molecule has 4 aromatic heterocycles. The summed E-state index contributed by atoms with van der Waals surface area (Å²) in [4.78, 5) is 40.5. The summed E-state index contributed by atoms with van der Waals surface area (Å²) in [6.07, 6.45) is -0.637. The summed E-state index contributed by atoms with van der Waals surface area (Å²) in [6.45, 7) is 1.51. The highest BCUT2D eigenvalue weighted by Crippen LogP contribution is 2.32. The summed E-state index contributed by atoms with van der Waals surface area (Å²) in [6, 6.07) is 6.55. The Labute approximate surface area is 232 Å². The number of halogens is 4. The van der Waals surface area contributed by atoms with Gasteiger partial charge in [-0.05, 0) is 48.0 Å². The number of carbonyl (C=O) groups is 1. The van der Waals surface area contributed by atoms with Crippen LogP contribution in [-0.2, 0) is 14.8 Å². The number of nitrogens with one attached hydrogen (secondary N) is 2. The first-order chi connectivity index (χ1) is 18.8. The van der Waals surface area contributed by atoms with Crippen LogP contribution in [0.1, 0.15) is 18.5 Å². The molecule has 5 aromatic rings. The average Bonchev–Trinajstić information content (AvgIpc) is 3.43. The van der Waals surface area contributed by atoms with Gasteiger partial charge in [-0.1, -0.05) is 17.7 Å². The quantitative estimate of drug-likeness (QED) is 0.289. The minimum atomic E-state index is -4.63. The van der Waals surface area contributed by atoms with E-state index in [9.17, 15) is 31.2 Å². The van der Waals surface area contributed by atoms with E-state index in [1.165, 1.54) is 37.6 Å². The minimum Gasteiger partial charge on any atom is -0.345 e. The van der Waals surface area contributed by atoms with E-state index in [2.05, 4.69) is 35.9 Å². The number of amides is 1. The second-order valence-electron chi connectivity index (χ2n) is 8.92. The van der Waals surface area contributed by atoms with Gasteiger partial charge in [-0.2, -0.15) is 13.2 Å². The maximum Gasteiger partial charge on any atom is 0.405 e. The molecule has 0 aliphatic rings. The molecular weight excluding hydrogens is 619 g/mol. The maximum atomic E-state index is 13.6. The molecule has 0 spiro atoms. The Hall–Kier alpha value is -4.05. The number of carbonyl (C=O) groups excluding carboxylic acids is 1. The number of fused-ring (bicyclic) bond motifs is 2. The summed E-state index contributed by atoms with van der Waals surface area (Å²) in [5.74, 6) is -1.06. The molecule has 0 saturated heterocycles. The molecule has 1 unspecified atom stereocenters. The van der Waals surface area contributed by atoms with Crippen LogP contribution >= 0.6 is 15.9 Å². The highest BCUT2D eigenvalue weighted by molar-refractivity contribution is 9.10. The molecule has 0 bridgehead atoms. The summed E-state index contributed by atoms with van der Waals surface area (Å²) in [5, 5.41) is 2.12. The number of aromatic amines is 1. The van der Waals surface area contributed by atoms with Gasteiger partial charge in [-0.25, -0.2) is 32.1 Å². The second-order valence-corrected chi connectivity index (χ2v) is 11.7. The summed E-state index contributed by atoms with van der Waals surface area (Å²) < 4.78 is 67.3. The van der Waals surface area contributed by atoms with E-state index in [0.717, 1.165) is 14.1 Å². The van der Waals surface area contributed by atoms with Crippen molar-refractivity contribution in [1.82, 2.24) is 33.8 Å². The van der Waals surface area contributed by atoms with Crippen LogP contribution in [0.2, 0.25) is 0 Å². The molecule has 2 N–H and O–H groups in total. The van der Waals surface area contributed by atoms with E-state index in [-0.39, 0.29) is 33.1 Å². The number of rotatable bonds is 6. The van der Waals surface area contributed by atoms with Gasteiger partial charge in [-0.15, -0.1) is 0 Å². The van der Waals surface area contributed by atoms with Gasteiger partial charge in [-0.3, -0.25) is 9.36 Å². The molecule has 1 amide bonds. The van der Waals surface area contributed by atoms with Crippen LogP contribution in [0.4, 0.5) is 13.2 Å². The Bertz CT molecular complexity index is 1950. The Balaban J connectivity index is 1.65. The van der Waals surface area contributed by atoms with Gasteiger partial charge >= 0.3 is 11.9 Å². The first-order valence-corrected chi connectivity index (χ1v) is 13.8. The zero-order valence-electron chi connectivity index (χ0n) is 20.7. The number of alkyl halides is 3. The molecule has 0 aliphatic carbocycles. The van der Waals surface area contributed by atoms with E-state index in [4.69, 9.17) is 0 Å². The molecule has 208 valence electrons. The number of benzene rings is 1. The largest absolute Gasteiger partial charge is 0.405 e. The van der Waals surface area contributed by atoms with Crippen molar-refractivity contribution in [3.05, 3.63) is 69.4 Å². The van der Waals surface area contributed by atoms with Crippen LogP contribution in [-0.4, -0.2) is 55.5 Å². The number of aromatic nitrogens is 6. The van der Waals surface area contributed by atoms with Crippen molar-refractivity contribution in [3.63, 3.8) is 0 Å². The topological polar surface area (TPSA) is 145 Å². The third-order valence-corrected chi connectivity index (χ3v) is 8.18. The van der Waals surface area contributed by atoms with Crippen LogP contribution in [0, 0.1) is 6.92 Å². The Kier molecular flexibility index (Phi) is 6.78. The molecule has 40 heavy (non-hydrogen) atoms. The van der Waals surface area contributed by atoms with Gasteiger partial charge in [0.25, 0.3) is 10.0 Å². The van der Waals surface area contributed by atoms with E-state index < -0.39 is 40.4 Å². The number of hydrogen-bond acceptors (Lipinski definition) is 7. The smallest absolute Gasteiger partial charge is 0.345 e. The third kappa shape index (κ3) is 4.99. The van der Waals surface area contributed by atoms with Gasteiger partial charge in [0.15, 0.2) is 17.1 Å². The fourth-order valence-corrected chi connectivity index (χ4v) is 5.75. The highest BCUT2D eigenvalue weighted by atomic mass is 79.9. The lowest BCUT2D eigenvalue weighted by Crippen LogP contribution is -2.39. The van der Waals surface area contributed by atoms with Crippen molar-refractivity contribution in [1.29, 1.82) is 0 Å². The van der Waals surface area contributed by atoms with E-state index in [1.54, 1.807) is 23.5 Å². The SMILES string of the molecule is Cc1ccc(S(=O)(=O)n2cc(-c3ncc4[nH]c(=O)n(C(C)C(=O)NCC(F)(F)F)c4n3)c3cc(Br)cnc32)cc1. The van der Waals surface area contributed by atoms with Crippen molar-refractivity contribution in [3.8, 4) is 11.4 Å². The molecule has 1 aromatic carbocycles. The predicted octanol–water partition coefficient (Wildman–Crippen LogP) is 3.68. The zero-order valence-corrected chi connectivity index (χ0v) is 23.1. The molecule has 0 aliphatic heterocycles. The number of hydrogen-bond donors (Lipinski definition) is 2. The standard InChI is InChI=1S/C24H19BrF3N7O4S/c1-12-3-5-15(6-4-12)40(38,39)34-10-17(16-7-14(25)8-30-20(16)34)19-29-9-18-21(33-19)35(23(37)32-18)13(2)22(36)31-11-24(26,27)28/h3-10,13H,11H2,1-2H3,(H,31,36)(H,32,37). The number of imidazole rings is 1. The van der Waals surface area contributed by atoms with Gasteiger partial charge in [0.05, 0.1) is 11.1 Å². The van der Waals surface area contributed by atoms with Crippen molar-refractivity contribution < 1.29 is 26.4 Å². The molecule has 11 nitrogen and oxygen atoms in total. The minimum absolute atomic E-state index is 0.00842. The summed E-state index contributed by atoms with van der Waals surface area (Å²) >= 11 is 3.33. The number of H-pyrrole nitrogens is 1. The van der Waals surface area contributed by atoms with Crippen molar-refractivity contribution in [2.75, 3.05) is 6.54 Å². The monoisotopic (exact) mass is 637 g/mol. The Morgan fingerprint density at radius 3 is 2.52 bits per heavy atom. The average molecular weight is 638 g/mol. The Morgan fingerprint density at radius 1 is 1.15 bits per heavy atom. The first kappa shape index (κ1) is 27.5. The van der Waals surface area contributed by atoms with E-state index in [1.807, 2.05) is 6.92 Å². The fourth-order valence-electron chi connectivity index (χ4n) is 4.10. The fraction of sp³-hybridized carbons (Fsp3) is 0.208. The van der Waals surface area contributed by atoms with Gasteiger partial charge in [0.2, 0.25) is 5.91 Å². The predicted molar refractivity (Wildman–Crippen MR) is 142 cm³/mol. The number of pyridine rings is 1. The van der Waals surface area contributed by atoms with Crippen molar-refractivity contribution in [2.45, 2.75) is 31.0 Å². The van der Waals surface area contributed by atoms with Crippen LogP contribution in [0.15, 0.2) is 63.1 Å². The molecule has 0 saturated carbocycles. The molecule has 5 rings (SSSR count). The third-order valence-electron chi connectivity index (χ3n) is 6.08. The molecule has 0 radical (unpaired) electrons. The maximum absolute atomic E-state index is 13.6. The van der Waals surface area contributed by atoms with E-state index in [0.29, 0.717) is 9.86 Å². The second kappa shape index (κ2) is 9.85. The first-order valence-electron chi connectivity index (χ1n) is 11.6. The molecular formula is C24H19BrF3N7O4S. The molecule has 0 fully saturated rings. The lowest BCUT2D eigenvalue weighted by molar-refractivity contribution is -0.140. The zero-order chi connectivity index (χ0) is 29.0. The Morgan fingerprint density at radius 2 is 1.85 bits per heavy atom. The van der Waals surface area contributed by atoms with Gasteiger partial charge in [0, 0.05) is 27.8 Å².